The second kappa shape index (κ2) is 11.1. The Morgan fingerprint density at radius 1 is 0.900 bits per heavy atom. The molecule has 6 rings (SSSR count). The van der Waals surface area contributed by atoms with Gasteiger partial charge >= 0.3 is 0 Å². The lowest BCUT2D eigenvalue weighted by Gasteiger charge is -2.34. The highest BCUT2D eigenvalue weighted by Gasteiger charge is 2.25. The molecule has 5 aromatic rings. The highest BCUT2D eigenvalue weighted by Crippen LogP contribution is 2.31. The molecule has 1 fully saturated rings. The summed E-state index contributed by atoms with van der Waals surface area (Å²) in [6.07, 6.45) is 2.13. The number of imidazole rings is 1. The monoisotopic (exact) mass is 550 g/mol. The van der Waals surface area contributed by atoms with E-state index < -0.39 is 0 Å². The van der Waals surface area contributed by atoms with Crippen molar-refractivity contribution in [2.45, 2.75) is 13.5 Å². The first-order chi connectivity index (χ1) is 19.5. The van der Waals surface area contributed by atoms with Crippen molar-refractivity contribution in [1.82, 2.24) is 19.2 Å². The smallest absolute Gasteiger partial charge is 0.264 e. The summed E-state index contributed by atoms with van der Waals surface area (Å²) in [5, 5.41) is 1.94. The number of hydrogen-bond donors (Lipinski definition) is 0. The standard InChI is InChI=1S/C32H30N4O3S/c1-22(37)23-8-10-24(11-9-23)26-12-13-30-33-31(25-5-3-6-27(19-25)39-2)28(36(30)20-26)21-34-14-16-35(17-15-34)32(38)29-7-4-18-40-29/h3-13,18-20H,14-17,21H2,1-2H3. The predicted octanol–water partition coefficient (Wildman–Crippen LogP) is 5.90. The fourth-order valence-corrected chi connectivity index (χ4v) is 5.88. The SMILES string of the molecule is COc1cccc(-c2nc3ccc(-c4ccc(C(C)=O)cc4)cn3c2CN2CCN(C(=O)c3cccs3)CC2)c1. The van der Waals surface area contributed by atoms with Crippen LogP contribution < -0.4 is 4.74 Å². The van der Waals surface area contributed by atoms with Gasteiger partial charge in [-0.25, -0.2) is 4.98 Å². The molecule has 40 heavy (non-hydrogen) atoms. The van der Waals surface area contributed by atoms with Crippen molar-refractivity contribution in [3.63, 3.8) is 0 Å². The molecule has 0 atom stereocenters. The van der Waals surface area contributed by atoms with E-state index in [9.17, 15) is 9.59 Å². The topological polar surface area (TPSA) is 67.2 Å². The van der Waals surface area contributed by atoms with Gasteiger partial charge in [0, 0.05) is 50.0 Å². The third-order valence-electron chi connectivity index (χ3n) is 7.45. The number of fused-ring (bicyclic) bond motifs is 1. The Bertz CT molecular complexity index is 1670. The molecule has 0 saturated carbocycles. The zero-order chi connectivity index (χ0) is 27.6. The van der Waals surface area contributed by atoms with E-state index in [4.69, 9.17) is 9.72 Å². The maximum absolute atomic E-state index is 12.9. The second-order valence-electron chi connectivity index (χ2n) is 9.96. The van der Waals surface area contributed by atoms with Crippen molar-refractivity contribution in [2.24, 2.45) is 0 Å². The number of nitrogens with zero attached hydrogens (tertiary/aromatic N) is 4. The number of carbonyl (C=O) groups is 2. The number of pyridine rings is 1. The predicted molar refractivity (Wildman–Crippen MR) is 158 cm³/mol. The molecule has 1 aliphatic heterocycles. The van der Waals surface area contributed by atoms with E-state index in [1.165, 1.54) is 11.3 Å². The maximum Gasteiger partial charge on any atom is 0.264 e. The quantitative estimate of drug-likeness (QED) is 0.236. The third-order valence-corrected chi connectivity index (χ3v) is 8.31. The van der Waals surface area contributed by atoms with Gasteiger partial charge in [-0.15, -0.1) is 11.3 Å². The normalized spacial score (nSPS) is 14.0. The molecule has 1 aliphatic rings. The first kappa shape index (κ1) is 26.0. The molecule has 0 radical (unpaired) electrons. The van der Waals surface area contributed by atoms with Gasteiger partial charge in [0.05, 0.1) is 23.4 Å². The number of ether oxygens (including phenoxy) is 1. The maximum atomic E-state index is 12.9. The molecule has 7 nitrogen and oxygen atoms in total. The van der Waals surface area contributed by atoms with Crippen molar-refractivity contribution in [3.8, 4) is 28.1 Å². The number of Topliss-reactive ketones (excluding diaryl/α,β-unsaturated/α-hetero) is 1. The molecule has 0 spiro atoms. The van der Waals surface area contributed by atoms with Gasteiger partial charge in [0.2, 0.25) is 0 Å². The van der Waals surface area contributed by atoms with Gasteiger partial charge < -0.3 is 14.0 Å². The van der Waals surface area contributed by atoms with E-state index in [1.807, 2.05) is 70.9 Å². The molecule has 8 heteroatoms. The average Bonchev–Trinajstić information content (AvgIpc) is 3.66. The largest absolute Gasteiger partial charge is 0.497 e. The lowest BCUT2D eigenvalue weighted by molar-refractivity contribution is 0.0631. The van der Waals surface area contributed by atoms with E-state index in [0.29, 0.717) is 25.2 Å². The lowest BCUT2D eigenvalue weighted by Crippen LogP contribution is -2.48. The lowest BCUT2D eigenvalue weighted by atomic mass is 10.0. The number of piperazine rings is 1. The number of rotatable bonds is 7. The zero-order valence-electron chi connectivity index (χ0n) is 22.5. The van der Waals surface area contributed by atoms with E-state index in [0.717, 1.165) is 57.4 Å². The van der Waals surface area contributed by atoms with Crippen LogP contribution >= 0.6 is 11.3 Å². The van der Waals surface area contributed by atoms with E-state index in [-0.39, 0.29) is 11.7 Å². The number of aromatic nitrogens is 2. The number of benzene rings is 2. The molecule has 0 aliphatic carbocycles. The van der Waals surface area contributed by atoms with Gasteiger partial charge in [-0.3, -0.25) is 14.5 Å². The summed E-state index contributed by atoms with van der Waals surface area (Å²) >= 11 is 1.49. The van der Waals surface area contributed by atoms with Crippen molar-refractivity contribution in [2.75, 3.05) is 33.3 Å². The number of thiophene rings is 1. The Morgan fingerprint density at radius 3 is 2.38 bits per heavy atom. The van der Waals surface area contributed by atoms with Crippen LogP contribution in [-0.4, -0.2) is 64.2 Å². The highest BCUT2D eigenvalue weighted by atomic mass is 32.1. The van der Waals surface area contributed by atoms with Crippen LogP contribution in [0.25, 0.3) is 28.0 Å². The molecule has 1 amide bonds. The minimum absolute atomic E-state index is 0.0546. The number of amides is 1. The van der Waals surface area contributed by atoms with Crippen molar-refractivity contribution >= 4 is 28.7 Å². The zero-order valence-corrected chi connectivity index (χ0v) is 23.4. The summed E-state index contributed by atoms with van der Waals surface area (Å²) in [5.74, 6) is 0.952. The Balaban J connectivity index is 1.33. The van der Waals surface area contributed by atoms with Gasteiger partial charge in [-0.05, 0) is 53.8 Å². The Morgan fingerprint density at radius 2 is 1.68 bits per heavy atom. The number of carbonyl (C=O) groups excluding carboxylic acids is 2. The van der Waals surface area contributed by atoms with E-state index >= 15 is 0 Å². The summed E-state index contributed by atoms with van der Waals surface area (Å²) in [4.78, 5) is 34.8. The molecule has 202 valence electrons. The van der Waals surface area contributed by atoms with Crippen LogP contribution in [0.3, 0.4) is 0 Å². The van der Waals surface area contributed by atoms with Gasteiger partial charge in [0.15, 0.2) is 5.78 Å². The molecule has 0 unspecified atom stereocenters. The van der Waals surface area contributed by atoms with Gasteiger partial charge in [0.25, 0.3) is 5.91 Å². The van der Waals surface area contributed by atoms with Crippen LogP contribution in [-0.2, 0) is 6.54 Å². The van der Waals surface area contributed by atoms with E-state index in [2.05, 4.69) is 27.6 Å². The van der Waals surface area contributed by atoms with Crippen LogP contribution in [0.1, 0.15) is 32.6 Å². The van der Waals surface area contributed by atoms with Crippen LogP contribution in [0.5, 0.6) is 5.75 Å². The number of ketones is 1. The summed E-state index contributed by atoms with van der Waals surface area (Å²) in [5.41, 5.74) is 6.65. The van der Waals surface area contributed by atoms with Gasteiger partial charge in [0.1, 0.15) is 11.4 Å². The number of hydrogen-bond acceptors (Lipinski definition) is 6. The van der Waals surface area contributed by atoms with Crippen molar-refractivity contribution < 1.29 is 14.3 Å². The summed E-state index contributed by atoms with van der Waals surface area (Å²) in [7, 11) is 1.67. The molecular weight excluding hydrogens is 520 g/mol. The van der Waals surface area contributed by atoms with Crippen molar-refractivity contribution in [1.29, 1.82) is 0 Å². The minimum Gasteiger partial charge on any atom is -0.497 e. The molecule has 3 aromatic heterocycles. The fourth-order valence-electron chi connectivity index (χ4n) is 5.19. The molecule has 0 N–H and O–H groups in total. The van der Waals surface area contributed by atoms with Gasteiger partial charge in [-0.2, -0.15) is 0 Å². The molecule has 0 bridgehead atoms. The van der Waals surface area contributed by atoms with Crippen LogP contribution in [0.4, 0.5) is 0 Å². The van der Waals surface area contributed by atoms with Crippen LogP contribution in [0, 0.1) is 0 Å². The average molecular weight is 551 g/mol. The first-order valence-electron chi connectivity index (χ1n) is 13.3. The fraction of sp³-hybridized carbons (Fsp3) is 0.219. The first-order valence-corrected chi connectivity index (χ1v) is 14.2. The number of methoxy groups -OCH3 is 1. The second-order valence-corrected chi connectivity index (χ2v) is 10.9. The Hall–Kier alpha value is -4.27. The van der Waals surface area contributed by atoms with E-state index in [1.54, 1.807) is 14.0 Å². The molecule has 1 saturated heterocycles. The molecule has 2 aromatic carbocycles. The van der Waals surface area contributed by atoms with Crippen LogP contribution in [0.15, 0.2) is 84.4 Å². The van der Waals surface area contributed by atoms with Crippen molar-refractivity contribution in [3.05, 3.63) is 101 Å². The van der Waals surface area contributed by atoms with Gasteiger partial charge in [-0.1, -0.05) is 42.5 Å². The molecular formula is C32H30N4O3S. The minimum atomic E-state index is 0.0546. The summed E-state index contributed by atoms with van der Waals surface area (Å²) in [6.45, 7) is 5.23. The third kappa shape index (κ3) is 5.15. The summed E-state index contributed by atoms with van der Waals surface area (Å²) < 4.78 is 7.68. The Labute approximate surface area is 237 Å². The highest BCUT2D eigenvalue weighted by molar-refractivity contribution is 7.12. The molecule has 4 heterocycles. The Kier molecular flexibility index (Phi) is 7.19. The van der Waals surface area contributed by atoms with Crippen LogP contribution in [0.2, 0.25) is 0 Å². The summed E-state index contributed by atoms with van der Waals surface area (Å²) in [6, 6.07) is 23.6.